The smallest absolute Gasteiger partial charge is 0.305 e. The third-order valence-corrected chi connectivity index (χ3v) is 3.82. The number of hydrogen-bond acceptors (Lipinski definition) is 5. The molecule has 0 bridgehead atoms. The van der Waals surface area contributed by atoms with Crippen molar-refractivity contribution in [2.45, 2.75) is 12.8 Å². The molecule has 1 heterocycles. The summed E-state index contributed by atoms with van der Waals surface area (Å²) in [6.45, 7) is 3.85. The summed E-state index contributed by atoms with van der Waals surface area (Å²) in [7, 11) is 1.39. The molecule has 0 unspecified atom stereocenters. The van der Waals surface area contributed by atoms with E-state index in [4.69, 9.17) is 17.0 Å². The van der Waals surface area contributed by atoms with Gasteiger partial charge in [-0.2, -0.15) is 0 Å². The highest BCUT2D eigenvalue weighted by atomic mass is 32.1. The fourth-order valence-corrected chi connectivity index (χ4v) is 2.57. The lowest BCUT2D eigenvalue weighted by atomic mass is 10.2. The van der Waals surface area contributed by atoms with Crippen LogP contribution in [-0.2, 0) is 14.3 Å². The lowest BCUT2D eigenvalue weighted by Crippen LogP contribution is -2.37. The van der Waals surface area contributed by atoms with E-state index in [2.05, 4.69) is 26.3 Å². The van der Waals surface area contributed by atoms with Gasteiger partial charge in [0.15, 0.2) is 5.11 Å². The normalized spacial score (nSPS) is 14.2. The summed E-state index contributed by atoms with van der Waals surface area (Å²) in [5.41, 5.74) is 2.09. The summed E-state index contributed by atoms with van der Waals surface area (Å²) in [6, 6.07) is 8.08. The number of morpholine rings is 1. The number of ether oxygens (including phenoxy) is 2. The van der Waals surface area contributed by atoms with Gasteiger partial charge in [0.25, 0.3) is 0 Å². The van der Waals surface area contributed by atoms with Gasteiger partial charge in [0, 0.05) is 26.1 Å². The first kappa shape index (κ1) is 17.5. The van der Waals surface area contributed by atoms with Crippen molar-refractivity contribution in [1.29, 1.82) is 0 Å². The second-order valence-electron chi connectivity index (χ2n) is 5.18. The van der Waals surface area contributed by atoms with Crippen LogP contribution in [0.4, 0.5) is 11.4 Å². The molecule has 0 amide bonds. The first-order valence-electron chi connectivity index (χ1n) is 7.74. The van der Waals surface area contributed by atoms with Crippen LogP contribution in [0.25, 0.3) is 0 Å². The van der Waals surface area contributed by atoms with Crippen molar-refractivity contribution in [3.05, 3.63) is 24.3 Å². The first-order valence-corrected chi connectivity index (χ1v) is 8.15. The summed E-state index contributed by atoms with van der Waals surface area (Å²) in [5.74, 6) is -0.205. The van der Waals surface area contributed by atoms with E-state index in [1.165, 1.54) is 7.11 Å². The molecule has 0 radical (unpaired) electrons. The molecule has 0 aliphatic carbocycles. The summed E-state index contributed by atoms with van der Waals surface area (Å²) >= 11 is 5.32. The molecule has 0 atom stereocenters. The third kappa shape index (κ3) is 5.69. The summed E-state index contributed by atoms with van der Waals surface area (Å²) in [4.78, 5) is 13.3. The quantitative estimate of drug-likeness (QED) is 0.466. The van der Waals surface area contributed by atoms with Crippen molar-refractivity contribution < 1.29 is 14.3 Å². The Kier molecular flexibility index (Phi) is 7.09. The summed E-state index contributed by atoms with van der Waals surface area (Å²) in [5, 5.41) is 6.89. The molecule has 6 nitrogen and oxygen atoms in total. The molecule has 7 heteroatoms. The van der Waals surface area contributed by atoms with Gasteiger partial charge in [-0.05, 0) is 30.8 Å². The van der Waals surface area contributed by atoms with Crippen molar-refractivity contribution in [1.82, 2.24) is 5.32 Å². The van der Waals surface area contributed by atoms with Crippen LogP contribution in [0.5, 0.6) is 0 Å². The van der Waals surface area contributed by atoms with Crippen LogP contribution in [0.15, 0.2) is 24.3 Å². The monoisotopic (exact) mass is 337 g/mol. The summed E-state index contributed by atoms with van der Waals surface area (Å²) in [6.07, 6.45) is 1.07. The largest absolute Gasteiger partial charge is 0.469 e. The predicted octanol–water partition coefficient (Wildman–Crippen LogP) is 1.76. The number of esters is 1. The van der Waals surface area contributed by atoms with Gasteiger partial charge in [-0.1, -0.05) is 12.1 Å². The van der Waals surface area contributed by atoms with Crippen molar-refractivity contribution in [3.8, 4) is 0 Å². The fraction of sp³-hybridized carbons (Fsp3) is 0.500. The van der Waals surface area contributed by atoms with Crippen molar-refractivity contribution in [3.63, 3.8) is 0 Å². The molecule has 0 spiro atoms. The second-order valence-corrected chi connectivity index (χ2v) is 5.59. The number of anilines is 2. The van der Waals surface area contributed by atoms with Gasteiger partial charge in [-0.15, -0.1) is 0 Å². The van der Waals surface area contributed by atoms with Crippen LogP contribution in [0, 0.1) is 0 Å². The van der Waals surface area contributed by atoms with E-state index >= 15 is 0 Å². The summed E-state index contributed by atoms with van der Waals surface area (Å²) < 4.78 is 10.0. The maximum Gasteiger partial charge on any atom is 0.305 e. The third-order valence-electron chi connectivity index (χ3n) is 3.57. The molecular weight excluding hydrogens is 314 g/mol. The number of hydrogen-bond donors (Lipinski definition) is 2. The Hall–Kier alpha value is -1.86. The molecular formula is C16H23N3O3S. The van der Waals surface area contributed by atoms with Crippen LogP contribution in [-0.4, -0.2) is 51.0 Å². The number of rotatable bonds is 6. The van der Waals surface area contributed by atoms with Crippen molar-refractivity contribution >= 4 is 34.7 Å². The van der Waals surface area contributed by atoms with Crippen LogP contribution in [0.3, 0.4) is 0 Å². The zero-order valence-electron chi connectivity index (χ0n) is 13.3. The lowest BCUT2D eigenvalue weighted by Gasteiger charge is -2.30. The van der Waals surface area contributed by atoms with Crippen LogP contribution in [0.2, 0.25) is 0 Å². The molecule has 2 N–H and O–H groups in total. The molecule has 1 fully saturated rings. The van der Waals surface area contributed by atoms with Gasteiger partial charge < -0.3 is 25.0 Å². The molecule has 23 heavy (non-hydrogen) atoms. The average Bonchev–Trinajstić information content (AvgIpc) is 2.59. The van der Waals surface area contributed by atoms with E-state index in [9.17, 15) is 4.79 Å². The topological polar surface area (TPSA) is 62.8 Å². The van der Waals surface area contributed by atoms with Gasteiger partial charge in [0.1, 0.15) is 0 Å². The van der Waals surface area contributed by atoms with Crippen LogP contribution < -0.4 is 15.5 Å². The first-order chi connectivity index (χ1) is 11.2. The van der Waals surface area contributed by atoms with E-state index in [1.54, 1.807) is 0 Å². The molecule has 1 aromatic rings. The van der Waals surface area contributed by atoms with Gasteiger partial charge in [-0.3, -0.25) is 4.79 Å². The number of benzene rings is 1. The molecule has 1 aliphatic rings. The number of para-hydroxylation sites is 2. The van der Waals surface area contributed by atoms with Crippen LogP contribution >= 0.6 is 12.2 Å². The minimum absolute atomic E-state index is 0.205. The van der Waals surface area contributed by atoms with Crippen molar-refractivity contribution in [2.24, 2.45) is 0 Å². The highest BCUT2D eigenvalue weighted by Crippen LogP contribution is 2.26. The zero-order valence-corrected chi connectivity index (χ0v) is 14.2. The van der Waals surface area contributed by atoms with E-state index in [0.29, 0.717) is 24.5 Å². The molecule has 1 aromatic carbocycles. The molecule has 126 valence electrons. The van der Waals surface area contributed by atoms with E-state index < -0.39 is 0 Å². The number of thiocarbonyl (C=S) groups is 1. The van der Waals surface area contributed by atoms with Gasteiger partial charge in [-0.25, -0.2) is 0 Å². The van der Waals surface area contributed by atoms with Crippen molar-refractivity contribution in [2.75, 3.05) is 50.2 Å². The number of carbonyl (C=O) groups excluding carboxylic acids is 1. The van der Waals surface area contributed by atoms with Gasteiger partial charge in [0.2, 0.25) is 0 Å². The number of nitrogens with zero attached hydrogens (tertiary/aromatic N) is 1. The molecule has 2 rings (SSSR count). The molecule has 0 aromatic heterocycles. The van der Waals surface area contributed by atoms with E-state index in [1.807, 2.05) is 18.2 Å². The molecule has 0 saturated carbocycles. The minimum Gasteiger partial charge on any atom is -0.469 e. The minimum atomic E-state index is -0.205. The maximum absolute atomic E-state index is 11.1. The van der Waals surface area contributed by atoms with E-state index in [-0.39, 0.29) is 5.97 Å². The number of methoxy groups -OCH3 is 1. The van der Waals surface area contributed by atoms with Crippen LogP contribution in [0.1, 0.15) is 12.8 Å². The highest BCUT2D eigenvalue weighted by Gasteiger charge is 2.14. The maximum atomic E-state index is 11.1. The van der Waals surface area contributed by atoms with E-state index in [0.717, 1.165) is 37.7 Å². The lowest BCUT2D eigenvalue weighted by molar-refractivity contribution is -0.140. The van der Waals surface area contributed by atoms with Gasteiger partial charge in [0.05, 0.1) is 31.7 Å². The Morgan fingerprint density at radius 3 is 2.83 bits per heavy atom. The number of carbonyl (C=O) groups is 1. The Labute approximate surface area is 142 Å². The zero-order chi connectivity index (χ0) is 16.5. The highest BCUT2D eigenvalue weighted by molar-refractivity contribution is 7.80. The average molecular weight is 337 g/mol. The Morgan fingerprint density at radius 2 is 2.09 bits per heavy atom. The Balaban J connectivity index is 1.84. The predicted molar refractivity (Wildman–Crippen MR) is 94.9 cm³/mol. The SMILES string of the molecule is COC(=O)CCCNC(=S)Nc1ccccc1N1CCOCC1. The Morgan fingerprint density at radius 1 is 1.35 bits per heavy atom. The Bertz CT molecular complexity index is 533. The fourth-order valence-electron chi connectivity index (χ4n) is 2.36. The number of nitrogens with one attached hydrogen (secondary N) is 2. The van der Waals surface area contributed by atoms with Gasteiger partial charge >= 0.3 is 5.97 Å². The second kappa shape index (κ2) is 9.32. The standard InChI is InChI=1S/C16H23N3O3S/c1-21-15(20)7-4-8-17-16(23)18-13-5-2-3-6-14(13)19-9-11-22-12-10-19/h2-3,5-6H,4,7-12H2,1H3,(H2,17,18,23). The molecule has 1 aliphatic heterocycles. The molecule has 1 saturated heterocycles.